The standard InChI is InChI=1S/C12H11F2NO2/c1-8(16)17-12(3-2-6-15)9-4-5-10(13)11(14)7-9/h4-5,7,12H,2-3H2,1H3/t12-/m1/s1. The Balaban J connectivity index is 2.91. The predicted octanol–water partition coefficient (Wildman–Crippen LogP) is 2.87. The number of rotatable bonds is 4. The van der Waals surface area contributed by atoms with Gasteiger partial charge in [0.2, 0.25) is 0 Å². The van der Waals surface area contributed by atoms with Crippen LogP contribution in [0, 0.1) is 23.0 Å². The molecule has 0 N–H and O–H groups in total. The maximum atomic E-state index is 13.0. The lowest BCUT2D eigenvalue weighted by Crippen LogP contribution is -2.09. The molecule has 0 heterocycles. The van der Waals surface area contributed by atoms with Crippen molar-refractivity contribution in [2.75, 3.05) is 0 Å². The van der Waals surface area contributed by atoms with Crippen molar-refractivity contribution >= 4 is 5.97 Å². The molecule has 0 radical (unpaired) electrons. The quantitative estimate of drug-likeness (QED) is 0.759. The summed E-state index contributed by atoms with van der Waals surface area (Å²) in [5.74, 6) is -2.50. The molecule has 1 aromatic carbocycles. The number of hydrogen-bond acceptors (Lipinski definition) is 3. The van der Waals surface area contributed by atoms with E-state index in [0.717, 1.165) is 12.1 Å². The highest BCUT2D eigenvalue weighted by Gasteiger charge is 2.16. The topological polar surface area (TPSA) is 50.1 Å². The molecule has 0 saturated heterocycles. The largest absolute Gasteiger partial charge is 0.458 e. The minimum Gasteiger partial charge on any atom is -0.458 e. The molecule has 1 rings (SSSR count). The molecular formula is C12H11F2NO2. The van der Waals surface area contributed by atoms with Gasteiger partial charge in [0.1, 0.15) is 6.10 Å². The van der Waals surface area contributed by atoms with Gasteiger partial charge in [-0.2, -0.15) is 5.26 Å². The number of ether oxygens (including phenoxy) is 1. The van der Waals surface area contributed by atoms with E-state index in [1.807, 2.05) is 6.07 Å². The van der Waals surface area contributed by atoms with Gasteiger partial charge in [-0.3, -0.25) is 4.79 Å². The smallest absolute Gasteiger partial charge is 0.303 e. The molecule has 90 valence electrons. The van der Waals surface area contributed by atoms with Gasteiger partial charge in [0.05, 0.1) is 6.07 Å². The Morgan fingerprint density at radius 3 is 2.71 bits per heavy atom. The van der Waals surface area contributed by atoms with E-state index in [0.29, 0.717) is 5.56 Å². The van der Waals surface area contributed by atoms with Gasteiger partial charge in [-0.05, 0) is 17.7 Å². The van der Waals surface area contributed by atoms with Crippen molar-refractivity contribution in [1.29, 1.82) is 5.26 Å². The van der Waals surface area contributed by atoms with Crippen molar-refractivity contribution < 1.29 is 18.3 Å². The first-order valence-corrected chi connectivity index (χ1v) is 5.03. The van der Waals surface area contributed by atoms with E-state index in [-0.39, 0.29) is 12.8 Å². The fourth-order valence-corrected chi connectivity index (χ4v) is 1.40. The van der Waals surface area contributed by atoms with Crippen molar-refractivity contribution in [3.05, 3.63) is 35.4 Å². The summed E-state index contributed by atoms with van der Waals surface area (Å²) in [6.45, 7) is 1.22. The molecule has 1 atom stereocenters. The minimum atomic E-state index is -1.00. The van der Waals surface area contributed by atoms with Crippen LogP contribution in [0.3, 0.4) is 0 Å². The first-order valence-electron chi connectivity index (χ1n) is 5.03. The van der Waals surface area contributed by atoms with Crippen LogP contribution in [0.5, 0.6) is 0 Å². The van der Waals surface area contributed by atoms with Crippen LogP contribution in [0.2, 0.25) is 0 Å². The predicted molar refractivity (Wildman–Crippen MR) is 55.7 cm³/mol. The van der Waals surface area contributed by atoms with Crippen molar-refractivity contribution in [3.8, 4) is 6.07 Å². The van der Waals surface area contributed by atoms with Crippen molar-refractivity contribution in [3.63, 3.8) is 0 Å². The molecule has 0 aliphatic rings. The lowest BCUT2D eigenvalue weighted by atomic mass is 10.0. The zero-order chi connectivity index (χ0) is 12.8. The van der Waals surface area contributed by atoms with Crippen LogP contribution < -0.4 is 0 Å². The molecule has 0 aliphatic carbocycles. The van der Waals surface area contributed by atoms with E-state index in [1.54, 1.807) is 0 Å². The summed E-state index contributed by atoms with van der Waals surface area (Å²) in [4.78, 5) is 10.9. The summed E-state index contributed by atoms with van der Waals surface area (Å²) in [7, 11) is 0. The summed E-state index contributed by atoms with van der Waals surface area (Å²) in [6.07, 6.45) is -0.305. The van der Waals surface area contributed by atoms with E-state index >= 15 is 0 Å². The number of benzene rings is 1. The van der Waals surface area contributed by atoms with Gasteiger partial charge in [0.25, 0.3) is 0 Å². The van der Waals surface area contributed by atoms with Gasteiger partial charge < -0.3 is 4.74 Å². The highest BCUT2D eigenvalue weighted by molar-refractivity contribution is 5.66. The second kappa shape index (κ2) is 5.94. The lowest BCUT2D eigenvalue weighted by molar-refractivity contribution is -0.147. The Morgan fingerprint density at radius 2 is 2.18 bits per heavy atom. The first kappa shape index (κ1) is 13.1. The molecule has 0 bridgehead atoms. The van der Waals surface area contributed by atoms with Gasteiger partial charge >= 0.3 is 5.97 Å². The zero-order valence-corrected chi connectivity index (χ0v) is 9.24. The molecule has 0 aliphatic heterocycles. The third-order valence-corrected chi connectivity index (χ3v) is 2.14. The number of hydrogen-bond donors (Lipinski definition) is 0. The van der Waals surface area contributed by atoms with E-state index in [9.17, 15) is 13.6 Å². The van der Waals surface area contributed by atoms with Gasteiger partial charge in [0, 0.05) is 19.8 Å². The maximum Gasteiger partial charge on any atom is 0.303 e. The summed E-state index contributed by atoms with van der Waals surface area (Å²) in [6, 6.07) is 5.18. The van der Waals surface area contributed by atoms with Crippen LogP contribution in [-0.4, -0.2) is 5.97 Å². The molecular weight excluding hydrogens is 228 g/mol. The molecule has 0 unspecified atom stereocenters. The molecule has 5 heteroatoms. The zero-order valence-electron chi connectivity index (χ0n) is 9.24. The maximum absolute atomic E-state index is 13.0. The Kier molecular flexibility index (Phi) is 4.58. The van der Waals surface area contributed by atoms with Gasteiger partial charge in [-0.1, -0.05) is 6.07 Å². The van der Waals surface area contributed by atoms with Crippen LogP contribution in [0.4, 0.5) is 8.78 Å². The van der Waals surface area contributed by atoms with Crippen molar-refractivity contribution in [2.24, 2.45) is 0 Å². The molecule has 0 amide bonds. The summed E-state index contributed by atoms with van der Waals surface area (Å²) >= 11 is 0. The Morgan fingerprint density at radius 1 is 1.47 bits per heavy atom. The number of carbonyl (C=O) groups excluding carboxylic acids is 1. The third kappa shape index (κ3) is 3.83. The molecule has 17 heavy (non-hydrogen) atoms. The van der Waals surface area contributed by atoms with Gasteiger partial charge in [-0.15, -0.1) is 0 Å². The lowest BCUT2D eigenvalue weighted by Gasteiger charge is -2.16. The van der Waals surface area contributed by atoms with Crippen molar-refractivity contribution in [2.45, 2.75) is 25.9 Å². The fraction of sp³-hybridized carbons (Fsp3) is 0.333. The number of halogens is 2. The van der Waals surface area contributed by atoms with E-state index in [4.69, 9.17) is 10.00 Å². The van der Waals surface area contributed by atoms with Gasteiger partial charge in [0.15, 0.2) is 11.6 Å². The Labute approximate surface area is 97.6 Å². The summed E-state index contributed by atoms with van der Waals surface area (Å²) in [5, 5.41) is 8.47. The average molecular weight is 239 g/mol. The van der Waals surface area contributed by atoms with E-state index < -0.39 is 23.7 Å². The van der Waals surface area contributed by atoms with Crippen molar-refractivity contribution in [1.82, 2.24) is 0 Å². The molecule has 0 spiro atoms. The molecule has 1 aromatic rings. The SMILES string of the molecule is CC(=O)O[C@H](CCC#N)c1ccc(F)c(F)c1. The van der Waals surface area contributed by atoms with Crippen LogP contribution in [0.25, 0.3) is 0 Å². The van der Waals surface area contributed by atoms with Crippen LogP contribution in [0.1, 0.15) is 31.4 Å². The molecule has 0 fully saturated rings. The molecule has 0 aromatic heterocycles. The molecule has 3 nitrogen and oxygen atoms in total. The highest BCUT2D eigenvalue weighted by atomic mass is 19.2. The number of esters is 1. The van der Waals surface area contributed by atoms with E-state index in [1.165, 1.54) is 13.0 Å². The third-order valence-electron chi connectivity index (χ3n) is 2.14. The summed E-state index contributed by atoms with van der Waals surface area (Å²) < 4.78 is 30.7. The normalized spacial score (nSPS) is 11.6. The molecule has 0 saturated carbocycles. The fourth-order valence-electron chi connectivity index (χ4n) is 1.40. The van der Waals surface area contributed by atoms with Crippen LogP contribution in [-0.2, 0) is 9.53 Å². The second-order valence-electron chi connectivity index (χ2n) is 3.47. The summed E-state index contributed by atoms with van der Waals surface area (Å²) in [5.41, 5.74) is 0.342. The number of carbonyl (C=O) groups is 1. The van der Waals surface area contributed by atoms with E-state index in [2.05, 4.69) is 0 Å². The van der Waals surface area contributed by atoms with Crippen LogP contribution >= 0.6 is 0 Å². The Hall–Kier alpha value is -1.96. The number of nitrogens with zero attached hydrogens (tertiary/aromatic N) is 1. The monoisotopic (exact) mass is 239 g/mol. The Bertz CT molecular complexity index is 454. The average Bonchev–Trinajstić information content (AvgIpc) is 2.27. The van der Waals surface area contributed by atoms with Crippen LogP contribution in [0.15, 0.2) is 18.2 Å². The number of nitriles is 1. The van der Waals surface area contributed by atoms with Gasteiger partial charge in [-0.25, -0.2) is 8.78 Å². The highest BCUT2D eigenvalue weighted by Crippen LogP contribution is 2.24. The minimum absolute atomic E-state index is 0.164. The first-order chi connectivity index (χ1) is 8.04. The second-order valence-corrected chi connectivity index (χ2v) is 3.47.